The highest BCUT2D eigenvalue weighted by atomic mass is 35.5. The van der Waals surface area contributed by atoms with Crippen LogP contribution in [-0.2, 0) is 6.42 Å². The van der Waals surface area contributed by atoms with Crippen molar-refractivity contribution >= 4 is 26.0 Å². The van der Waals surface area contributed by atoms with E-state index in [0.29, 0.717) is 11.4 Å². The van der Waals surface area contributed by atoms with E-state index in [1.165, 1.54) is 0 Å². The van der Waals surface area contributed by atoms with Gasteiger partial charge in [-0.15, -0.1) is 0 Å². The SMILES string of the molecule is CC(C)(C)[Si](C)(C)Oc1ccc(C[C@@H](CO)NC(=O)O)c(Cl)c1. The Morgan fingerprint density at radius 1 is 1.39 bits per heavy atom. The Hall–Kier alpha value is -1.24. The van der Waals surface area contributed by atoms with Crippen LogP contribution in [0.4, 0.5) is 4.79 Å². The van der Waals surface area contributed by atoms with Crippen LogP contribution >= 0.6 is 11.6 Å². The van der Waals surface area contributed by atoms with Crippen molar-refractivity contribution in [1.29, 1.82) is 0 Å². The van der Waals surface area contributed by atoms with Gasteiger partial charge < -0.3 is 20.0 Å². The van der Waals surface area contributed by atoms with Crippen LogP contribution < -0.4 is 9.74 Å². The predicted octanol–water partition coefficient (Wildman–Crippen LogP) is 3.90. The third kappa shape index (κ3) is 5.71. The second kappa shape index (κ2) is 7.55. The van der Waals surface area contributed by atoms with Crippen molar-refractivity contribution in [2.24, 2.45) is 0 Å². The number of benzene rings is 1. The molecule has 0 bridgehead atoms. The number of hydrogen-bond acceptors (Lipinski definition) is 3. The van der Waals surface area contributed by atoms with E-state index in [4.69, 9.17) is 21.1 Å². The normalized spacial score (nSPS) is 13.5. The van der Waals surface area contributed by atoms with Crippen molar-refractivity contribution in [3.05, 3.63) is 28.8 Å². The van der Waals surface area contributed by atoms with Gasteiger partial charge in [-0.25, -0.2) is 4.79 Å². The Morgan fingerprint density at radius 2 is 2.00 bits per heavy atom. The molecule has 1 amide bonds. The number of aliphatic hydroxyl groups is 1. The minimum absolute atomic E-state index is 0.0888. The zero-order valence-electron chi connectivity index (χ0n) is 14.3. The third-order valence-electron chi connectivity index (χ3n) is 4.22. The topological polar surface area (TPSA) is 78.8 Å². The van der Waals surface area contributed by atoms with Crippen LogP contribution in [0.1, 0.15) is 26.3 Å². The standard InChI is InChI=1S/C16H26ClNO4Si/c1-16(2,3)23(4,5)22-13-7-6-11(14(17)9-13)8-12(10-19)18-15(20)21/h6-7,9,12,18-19H,8,10H2,1-5H3,(H,20,21)/t12-/m0/s1. The van der Waals surface area contributed by atoms with Gasteiger partial charge in [-0.1, -0.05) is 38.4 Å². The Labute approximate surface area is 143 Å². The third-order valence-corrected chi connectivity index (χ3v) is 8.93. The highest BCUT2D eigenvalue weighted by molar-refractivity contribution is 6.74. The van der Waals surface area contributed by atoms with Crippen LogP contribution in [0.2, 0.25) is 23.2 Å². The fourth-order valence-corrected chi connectivity index (χ4v) is 3.08. The van der Waals surface area contributed by atoms with Crippen LogP contribution in [0.25, 0.3) is 0 Å². The van der Waals surface area contributed by atoms with Gasteiger partial charge in [0, 0.05) is 5.02 Å². The number of carboxylic acid groups (broad SMARTS) is 1. The molecule has 0 fully saturated rings. The molecule has 1 aromatic rings. The van der Waals surface area contributed by atoms with E-state index in [-0.39, 0.29) is 11.6 Å². The van der Waals surface area contributed by atoms with E-state index in [2.05, 4.69) is 39.2 Å². The molecule has 0 radical (unpaired) electrons. The molecule has 5 nitrogen and oxygen atoms in total. The molecule has 1 rings (SSSR count). The molecule has 0 unspecified atom stereocenters. The van der Waals surface area contributed by atoms with Gasteiger partial charge in [-0.3, -0.25) is 0 Å². The maximum atomic E-state index is 10.7. The van der Waals surface area contributed by atoms with E-state index in [0.717, 1.165) is 11.3 Å². The average Bonchev–Trinajstić information content (AvgIpc) is 2.38. The summed E-state index contributed by atoms with van der Waals surface area (Å²) in [4.78, 5) is 10.7. The fraction of sp³-hybridized carbons (Fsp3) is 0.562. The molecule has 0 saturated carbocycles. The molecule has 0 heterocycles. The molecule has 1 atom stereocenters. The summed E-state index contributed by atoms with van der Waals surface area (Å²) >= 11 is 6.29. The zero-order chi connectivity index (χ0) is 17.8. The Bertz CT molecular complexity index is 558. The minimum atomic E-state index is -1.94. The lowest BCUT2D eigenvalue weighted by atomic mass is 10.1. The summed E-state index contributed by atoms with van der Waals surface area (Å²) in [5.41, 5.74) is 0.766. The Morgan fingerprint density at radius 3 is 2.43 bits per heavy atom. The van der Waals surface area contributed by atoms with Crippen LogP contribution in [-0.4, -0.2) is 37.3 Å². The van der Waals surface area contributed by atoms with E-state index in [1.54, 1.807) is 6.07 Å². The average molecular weight is 360 g/mol. The van der Waals surface area contributed by atoms with Crippen LogP contribution in [0.15, 0.2) is 18.2 Å². The predicted molar refractivity (Wildman–Crippen MR) is 95.0 cm³/mol. The number of hydrogen-bond donors (Lipinski definition) is 3. The number of aliphatic hydroxyl groups excluding tert-OH is 1. The summed E-state index contributed by atoms with van der Waals surface area (Å²) in [7, 11) is -1.94. The molecule has 3 N–H and O–H groups in total. The number of nitrogens with one attached hydrogen (secondary N) is 1. The van der Waals surface area contributed by atoms with E-state index < -0.39 is 20.5 Å². The monoisotopic (exact) mass is 359 g/mol. The van der Waals surface area contributed by atoms with Crippen LogP contribution in [0, 0.1) is 0 Å². The van der Waals surface area contributed by atoms with Gasteiger partial charge in [0.2, 0.25) is 8.32 Å². The quantitative estimate of drug-likeness (QED) is 0.673. The summed E-state index contributed by atoms with van der Waals surface area (Å²) in [6.45, 7) is 10.5. The first-order chi connectivity index (χ1) is 10.5. The molecule has 0 saturated heterocycles. The largest absolute Gasteiger partial charge is 0.543 e. The lowest BCUT2D eigenvalue weighted by Gasteiger charge is -2.36. The molecule has 1 aromatic carbocycles. The first-order valence-electron chi connectivity index (χ1n) is 7.54. The fourth-order valence-electron chi connectivity index (χ4n) is 1.81. The van der Waals surface area contributed by atoms with Gasteiger partial charge >= 0.3 is 6.09 Å². The van der Waals surface area contributed by atoms with E-state index in [1.807, 2.05) is 12.1 Å². The second-order valence-electron chi connectivity index (χ2n) is 7.15. The van der Waals surface area contributed by atoms with Gasteiger partial charge in [-0.05, 0) is 42.2 Å². The lowest BCUT2D eigenvalue weighted by Crippen LogP contribution is -2.43. The minimum Gasteiger partial charge on any atom is -0.543 e. The number of halogens is 1. The molecule has 0 aliphatic carbocycles. The molecular formula is C16H26ClNO4Si. The first-order valence-corrected chi connectivity index (χ1v) is 10.8. The molecular weight excluding hydrogens is 334 g/mol. The maximum Gasteiger partial charge on any atom is 0.404 e. The van der Waals surface area contributed by atoms with Gasteiger partial charge in [0.1, 0.15) is 5.75 Å². The van der Waals surface area contributed by atoms with Gasteiger partial charge in [0.05, 0.1) is 12.6 Å². The Balaban J connectivity index is 2.88. The van der Waals surface area contributed by atoms with Crippen molar-refractivity contribution in [1.82, 2.24) is 5.32 Å². The Kier molecular flexibility index (Phi) is 6.50. The molecule has 7 heteroatoms. The van der Waals surface area contributed by atoms with Crippen molar-refractivity contribution in [2.45, 2.75) is 51.4 Å². The summed E-state index contributed by atoms with van der Waals surface area (Å²) in [5, 5.41) is 20.8. The number of rotatable bonds is 6. The van der Waals surface area contributed by atoms with E-state index in [9.17, 15) is 9.90 Å². The summed E-state index contributed by atoms with van der Waals surface area (Å²) in [5.74, 6) is 0.720. The molecule has 0 spiro atoms. The van der Waals surface area contributed by atoms with Crippen molar-refractivity contribution < 1.29 is 19.4 Å². The van der Waals surface area contributed by atoms with Gasteiger partial charge in [0.15, 0.2) is 0 Å². The zero-order valence-corrected chi connectivity index (χ0v) is 16.1. The number of carbonyl (C=O) groups is 1. The molecule has 0 aromatic heterocycles. The van der Waals surface area contributed by atoms with Gasteiger partial charge in [-0.2, -0.15) is 0 Å². The van der Waals surface area contributed by atoms with Crippen LogP contribution in [0.5, 0.6) is 5.75 Å². The van der Waals surface area contributed by atoms with Gasteiger partial charge in [0.25, 0.3) is 0 Å². The number of amides is 1. The smallest absolute Gasteiger partial charge is 0.404 e. The summed E-state index contributed by atoms with van der Waals surface area (Å²) in [6, 6.07) is 4.83. The van der Waals surface area contributed by atoms with Crippen LogP contribution in [0.3, 0.4) is 0 Å². The van der Waals surface area contributed by atoms with Crippen molar-refractivity contribution in [3.8, 4) is 5.75 Å². The molecule has 130 valence electrons. The van der Waals surface area contributed by atoms with Crippen molar-refractivity contribution in [3.63, 3.8) is 0 Å². The highest BCUT2D eigenvalue weighted by Crippen LogP contribution is 2.38. The lowest BCUT2D eigenvalue weighted by molar-refractivity contribution is 0.177. The van der Waals surface area contributed by atoms with Crippen molar-refractivity contribution in [2.75, 3.05) is 6.61 Å². The molecule has 0 aliphatic heterocycles. The molecule has 0 aliphatic rings. The summed E-state index contributed by atoms with van der Waals surface area (Å²) < 4.78 is 6.19. The second-order valence-corrected chi connectivity index (χ2v) is 12.3. The van der Waals surface area contributed by atoms with E-state index >= 15 is 0 Å². The first kappa shape index (κ1) is 19.8. The highest BCUT2D eigenvalue weighted by Gasteiger charge is 2.39. The summed E-state index contributed by atoms with van der Waals surface area (Å²) in [6.07, 6.45) is -0.847. The maximum absolute atomic E-state index is 10.7. The molecule has 23 heavy (non-hydrogen) atoms.